The Morgan fingerprint density at radius 1 is 1.19 bits per heavy atom. The lowest BCUT2D eigenvalue weighted by molar-refractivity contribution is 0.750. The van der Waals surface area contributed by atoms with Gasteiger partial charge in [-0.05, 0) is 24.5 Å². The second-order valence-electron chi connectivity index (χ2n) is 4.14. The summed E-state index contributed by atoms with van der Waals surface area (Å²) in [6.45, 7) is 10.5. The summed E-state index contributed by atoms with van der Waals surface area (Å²) in [6, 6.07) is 6.56. The number of nitrogens with zero attached hydrogens (tertiary/aromatic N) is 2. The molecule has 2 aromatic rings. The van der Waals surface area contributed by atoms with Crippen molar-refractivity contribution in [2.75, 3.05) is 0 Å². The second-order valence-corrected chi connectivity index (χ2v) is 4.14. The van der Waals surface area contributed by atoms with Crippen LogP contribution in [0.2, 0.25) is 0 Å². The van der Waals surface area contributed by atoms with Crippen LogP contribution in [0.25, 0.3) is 10.9 Å². The summed E-state index contributed by atoms with van der Waals surface area (Å²) in [6.07, 6.45) is 0. The number of aromatic nitrogens is 2. The molecule has 2 nitrogen and oxygen atoms in total. The molecule has 1 aromatic heterocycles. The normalized spacial score (nSPS) is 10.4. The van der Waals surface area contributed by atoms with Crippen LogP contribution in [0.4, 0.5) is 0 Å². The highest BCUT2D eigenvalue weighted by atomic mass is 15.3. The van der Waals surface area contributed by atoms with E-state index in [1.807, 2.05) is 25.6 Å². The predicted molar refractivity (Wildman–Crippen MR) is 70.9 cm³/mol. The van der Waals surface area contributed by atoms with Crippen LogP contribution in [0.15, 0.2) is 18.2 Å². The molecule has 0 radical (unpaired) electrons. The molecule has 0 bridgehead atoms. The minimum atomic E-state index is 0.571. The SMILES string of the molecule is CC.Cc1c2ccc(C(C)C)cc2nn1C. The van der Waals surface area contributed by atoms with E-state index < -0.39 is 0 Å². The van der Waals surface area contributed by atoms with Gasteiger partial charge in [-0.25, -0.2) is 0 Å². The average molecular weight is 218 g/mol. The highest BCUT2D eigenvalue weighted by Crippen LogP contribution is 2.22. The van der Waals surface area contributed by atoms with Crippen LogP contribution < -0.4 is 0 Å². The van der Waals surface area contributed by atoms with Gasteiger partial charge in [0.1, 0.15) is 0 Å². The minimum Gasteiger partial charge on any atom is -0.272 e. The average Bonchev–Trinajstić information content (AvgIpc) is 2.57. The van der Waals surface area contributed by atoms with Crippen molar-refractivity contribution in [3.05, 3.63) is 29.5 Å². The van der Waals surface area contributed by atoms with Gasteiger partial charge in [-0.2, -0.15) is 5.10 Å². The third-order valence-electron chi connectivity index (χ3n) is 2.82. The maximum absolute atomic E-state index is 4.47. The van der Waals surface area contributed by atoms with E-state index in [0.29, 0.717) is 5.92 Å². The first-order valence-corrected chi connectivity index (χ1v) is 6.03. The molecule has 1 heterocycles. The first-order chi connectivity index (χ1) is 7.59. The Balaban J connectivity index is 0.000000606. The molecule has 0 saturated heterocycles. The summed E-state index contributed by atoms with van der Waals surface area (Å²) in [5.74, 6) is 0.571. The fraction of sp³-hybridized carbons (Fsp3) is 0.500. The maximum Gasteiger partial charge on any atom is 0.0928 e. The van der Waals surface area contributed by atoms with E-state index in [0.717, 1.165) is 5.52 Å². The molecule has 0 fully saturated rings. The van der Waals surface area contributed by atoms with Gasteiger partial charge in [0.25, 0.3) is 0 Å². The molecule has 2 heteroatoms. The Hall–Kier alpha value is -1.31. The largest absolute Gasteiger partial charge is 0.272 e. The summed E-state index contributed by atoms with van der Waals surface area (Å²) >= 11 is 0. The molecule has 1 aromatic carbocycles. The third kappa shape index (κ3) is 2.26. The molecule has 88 valence electrons. The van der Waals surface area contributed by atoms with Crippen LogP contribution in [0.1, 0.15) is 44.9 Å². The molecule has 2 rings (SSSR count). The number of rotatable bonds is 1. The van der Waals surface area contributed by atoms with E-state index in [1.54, 1.807) is 0 Å². The van der Waals surface area contributed by atoms with Crippen LogP contribution in [-0.4, -0.2) is 9.78 Å². The predicted octanol–water partition coefficient (Wildman–Crippen LogP) is 4.03. The van der Waals surface area contributed by atoms with Gasteiger partial charge in [-0.1, -0.05) is 39.8 Å². The van der Waals surface area contributed by atoms with Crippen molar-refractivity contribution >= 4 is 10.9 Å². The standard InChI is InChI=1S/C12H16N2.C2H6/c1-8(2)10-5-6-11-9(3)14(4)13-12(11)7-10;1-2/h5-8H,1-4H3;1-2H3. The quantitative estimate of drug-likeness (QED) is 0.706. The molecule has 0 saturated carbocycles. The molecule has 0 amide bonds. The number of fused-ring (bicyclic) bond motifs is 1. The zero-order chi connectivity index (χ0) is 12.3. The molecule has 0 atom stereocenters. The molecule has 0 aliphatic heterocycles. The zero-order valence-electron chi connectivity index (χ0n) is 11.2. The van der Waals surface area contributed by atoms with Gasteiger partial charge in [-0.15, -0.1) is 0 Å². The molecule has 16 heavy (non-hydrogen) atoms. The van der Waals surface area contributed by atoms with Crippen molar-refractivity contribution in [2.45, 2.75) is 40.5 Å². The minimum absolute atomic E-state index is 0.571. The molecule has 0 unspecified atom stereocenters. The molecular weight excluding hydrogens is 196 g/mol. The summed E-state index contributed by atoms with van der Waals surface area (Å²) in [5.41, 5.74) is 3.70. The second kappa shape index (κ2) is 5.15. The smallest absolute Gasteiger partial charge is 0.0928 e. The van der Waals surface area contributed by atoms with Crippen LogP contribution >= 0.6 is 0 Å². The Bertz CT molecular complexity index is 467. The first kappa shape index (κ1) is 12.8. The van der Waals surface area contributed by atoms with Crippen molar-refractivity contribution in [2.24, 2.45) is 7.05 Å². The fourth-order valence-electron chi connectivity index (χ4n) is 1.71. The van der Waals surface area contributed by atoms with Gasteiger partial charge in [0, 0.05) is 18.1 Å². The number of hydrogen-bond acceptors (Lipinski definition) is 1. The number of aryl methyl sites for hydroxylation is 2. The van der Waals surface area contributed by atoms with Crippen molar-refractivity contribution in [3.8, 4) is 0 Å². The first-order valence-electron chi connectivity index (χ1n) is 6.03. The molecule has 0 aliphatic carbocycles. The number of benzene rings is 1. The molecular formula is C14H22N2. The van der Waals surface area contributed by atoms with Gasteiger partial charge in [0.15, 0.2) is 0 Å². The van der Waals surface area contributed by atoms with Crippen LogP contribution in [0, 0.1) is 6.92 Å². The van der Waals surface area contributed by atoms with E-state index >= 15 is 0 Å². The lowest BCUT2D eigenvalue weighted by Gasteiger charge is -2.03. The zero-order valence-corrected chi connectivity index (χ0v) is 11.2. The van der Waals surface area contributed by atoms with Crippen molar-refractivity contribution in [1.82, 2.24) is 9.78 Å². The van der Waals surface area contributed by atoms with E-state index in [4.69, 9.17) is 0 Å². The lowest BCUT2D eigenvalue weighted by Crippen LogP contribution is -1.91. The third-order valence-corrected chi connectivity index (χ3v) is 2.82. The van der Waals surface area contributed by atoms with Crippen LogP contribution in [0.3, 0.4) is 0 Å². The Morgan fingerprint density at radius 3 is 2.38 bits per heavy atom. The highest BCUT2D eigenvalue weighted by molar-refractivity contribution is 5.82. The Morgan fingerprint density at radius 2 is 1.81 bits per heavy atom. The van der Waals surface area contributed by atoms with Crippen molar-refractivity contribution < 1.29 is 0 Å². The van der Waals surface area contributed by atoms with Crippen LogP contribution in [-0.2, 0) is 7.05 Å². The summed E-state index contributed by atoms with van der Waals surface area (Å²) in [4.78, 5) is 0. The monoisotopic (exact) mass is 218 g/mol. The van der Waals surface area contributed by atoms with Gasteiger partial charge in [0.05, 0.1) is 5.52 Å². The van der Waals surface area contributed by atoms with Crippen molar-refractivity contribution in [1.29, 1.82) is 0 Å². The van der Waals surface area contributed by atoms with Crippen molar-refractivity contribution in [3.63, 3.8) is 0 Å². The van der Waals surface area contributed by atoms with E-state index in [-0.39, 0.29) is 0 Å². The Kier molecular flexibility index (Phi) is 4.11. The van der Waals surface area contributed by atoms with Gasteiger partial charge < -0.3 is 0 Å². The van der Waals surface area contributed by atoms with E-state index in [1.165, 1.54) is 16.6 Å². The van der Waals surface area contributed by atoms with Gasteiger partial charge >= 0.3 is 0 Å². The van der Waals surface area contributed by atoms with Gasteiger partial charge in [-0.3, -0.25) is 4.68 Å². The van der Waals surface area contributed by atoms with E-state index in [2.05, 4.69) is 44.1 Å². The summed E-state index contributed by atoms with van der Waals surface area (Å²) in [7, 11) is 1.99. The Labute approximate surface area is 98.3 Å². The number of hydrogen-bond donors (Lipinski definition) is 0. The summed E-state index contributed by atoms with van der Waals surface area (Å²) in [5, 5.41) is 5.73. The molecule has 0 spiro atoms. The van der Waals surface area contributed by atoms with E-state index in [9.17, 15) is 0 Å². The molecule has 0 N–H and O–H groups in total. The lowest BCUT2D eigenvalue weighted by atomic mass is 10.0. The summed E-state index contributed by atoms with van der Waals surface area (Å²) < 4.78 is 1.94. The van der Waals surface area contributed by atoms with Crippen LogP contribution in [0.5, 0.6) is 0 Å². The highest BCUT2D eigenvalue weighted by Gasteiger charge is 2.06. The fourth-order valence-corrected chi connectivity index (χ4v) is 1.71. The maximum atomic E-state index is 4.47. The van der Waals surface area contributed by atoms with Gasteiger partial charge in [0.2, 0.25) is 0 Å². The molecule has 0 aliphatic rings. The topological polar surface area (TPSA) is 17.8 Å².